The molecule has 0 aliphatic carbocycles. The molecule has 110 valence electrons. The van der Waals surface area contributed by atoms with Gasteiger partial charge in [-0.05, 0) is 37.1 Å². The number of nitrogens with zero attached hydrogens (tertiary/aromatic N) is 1. The van der Waals surface area contributed by atoms with Crippen molar-refractivity contribution in [3.63, 3.8) is 0 Å². The topological polar surface area (TPSA) is 40.5 Å². The molecule has 2 aromatic rings. The maximum atomic E-state index is 11.6. The van der Waals surface area contributed by atoms with Crippen LogP contribution in [-0.4, -0.2) is 24.2 Å². The van der Waals surface area contributed by atoms with E-state index in [1.165, 1.54) is 5.56 Å². The maximum absolute atomic E-state index is 11.6. The second-order valence-electron chi connectivity index (χ2n) is 5.18. The molecule has 1 unspecified atom stereocenters. The van der Waals surface area contributed by atoms with Gasteiger partial charge in [0.2, 0.25) is 0 Å². The average Bonchev–Trinajstić information content (AvgIpc) is 2.49. The van der Waals surface area contributed by atoms with Gasteiger partial charge in [-0.25, -0.2) is 0 Å². The quantitative estimate of drug-likeness (QED) is 0.879. The van der Waals surface area contributed by atoms with Crippen LogP contribution in [-0.2, 0) is 4.79 Å². The summed E-state index contributed by atoms with van der Waals surface area (Å²) in [6.07, 6.45) is 0. The van der Waals surface area contributed by atoms with Crippen molar-refractivity contribution < 1.29 is 9.90 Å². The highest BCUT2D eigenvalue weighted by atomic mass is 16.4. The smallest absolute Gasteiger partial charge is 0.312 e. The van der Waals surface area contributed by atoms with Crippen molar-refractivity contribution in [2.75, 3.05) is 18.0 Å². The monoisotopic (exact) mass is 283 g/mol. The second kappa shape index (κ2) is 6.93. The molecule has 0 amide bonds. The summed E-state index contributed by atoms with van der Waals surface area (Å²) in [5.74, 6) is -1.31. The van der Waals surface area contributed by atoms with Gasteiger partial charge in [-0.1, -0.05) is 42.5 Å². The first-order valence-corrected chi connectivity index (χ1v) is 7.21. The normalized spacial score (nSPS) is 11.9. The van der Waals surface area contributed by atoms with Crippen LogP contribution in [0.25, 0.3) is 0 Å². The number of rotatable bonds is 6. The van der Waals surface area contributed by atoms with Gasteiger partial charge in [-0.15, -0.1) is 0 Å². The van der Waals surface area contributed by atoms with Crippen LogP contribution in [0.1, 0.15) is 24.0 Å². The fourth-order valence-corrected chi connectivity index (χ4v) is 2.47. The van der Waals surface area contributed by atoms with Crippen LogP contribution in [0.5, 0.6) is 0 Å². The summed E-state index contributed by atoms with van der Waals surface area (Å²) < 4.78 is 0. The zero-order chi connectivity index (χ0) is 15.2. The fourth-order valence-electron chi connectivity index (χ4n) is 2.47. The second-order valence-corrected chi connectivity index (χ2v) is 5.18. The summed E-state index contributed by atoms with van der Waals surface area (Å²) in [7, 11) is 0. The predicted molar refractivity (Wildman–Crippen MR) is 85.9 cm³/mol. The molecule has 0 aliphatic heterocycles. The molecular weight excluding hydrogens is 262 g/mol. The Hall–Kier alpha value is -2.29. The lowest BCUT2D eigenvalue weighted by molar-refractivity contribution is -0.138. The number of likely N-dealkylation sites (N-methyl/N-ethyl adjacent to an activating group) is 1. The minimum atomic E-state index is -0.785. The first-order chi connectivity index (χ1) is 10.1. The van der Waals surface area contributed by atoms with Crippen LogP contribution < -0.4 is 4.90 Å². The van der Waals surface area contributed by atoms with E-state index in [9.17, 15) is 9.90 Å². The van der Waals surface area contributed by atoms with Crippen molar-refractivity contribution >= 4 is 11.7 Å². The van der Waals surface area contributed by atoms with Crippen LogP contribution in [0.2, 0.25) is 0 Å². The maximum Gasteiger partial charge on any atom is 0.312 e. The number of carbonyl (C=O) groups is 1. The first kappa shape index (κ1) is 15.1. The summed E-state index contributed by atoms with van der Waals surface area (Å²) in [4.78, 5) is 13.7. The Balaban J connectivity index is 2.24. The van der Waals surface area contributed by atoms with Gasteiger partial charge in [0.15, 0.2) is 0 Å². The zero-order valence-electron chi connectivity index (χ0n) is 12.5. The van der Waals surface area contributed by atoms with E-state index in [1.807, 2.05) is 62.4 Å². The molecular formula is C18H21NO2. The van der Waals surface area contributed by atoms with Gasteiger partial charge in [0.25, 0.3) is 0 Å². The highest BCUT2D eigenvalue weighted by Gasteiger charge is 2.22. The number of carboxylic acids is 1. The van der Waals surface area contributed by atoms with Gasteiger partial charge < -0.3 is 10.0 Å². The predicted octanol–water partition coefficient (Wildman–Crippen LogP) is 3.69. The molecule has 0 bridgehead atoms. The molecule has 21 heavy (non-hydrogen) atoms. The minimum absolute atomic E-state index is 0.472. The van der Waals surface area contributed by atoms with E-state index in [2.05, 4.69) is 11.0 Å². The van der Waals surface area contributed by atoms with Crippen LogP contribution in [0.15, 0.2) is 54.6 Å². The van der Waals surface area contributed by atoms with Crippen LogP contribution in [0, 0.1) is 6.92 Å². The SMILES string of the molecule is CCN(CC(C(=O)O)c1ccccc1)c1cccc(C)c1. The molecule has 0 heterocycles. The molecule has 0 fully saturated rings. The van der Waals surface area contributed by atoms with E-state index in [1.54, 1.807) is 0 Å². The number of aryl methyl sites for hydroxylation is 1. The molecule has 0 spiro atoms. The summed E-state index contributed by atoms with van der Waals surface area (Å²) in [5, 5.41) is 9.55. The lowest BCUT2D eigenvalue weighted by atomic mass is 9.98. The average molecular weight is 283 g/mol. The summed E-state index contributed by atoms with van der Waals surface area (Å²) in [5.41, 5.74) is 3.09. The lowest BCUT2D eigenvalue weighted by Gasteiger charge is -2.27. The Morgan fingerprint density at radius 2 is 1.86 bits per heavy atom. The molecule has 2 rings (SSSR count). The van der Waals surface area contributed by atoms with Crippen LogP contribution in [0.3, 0.4) is 0 Å². The standard InChI is InChI=1S/C18H21NO2/c1-3-19(16-11-7-8-14(2)12-16)13-17(18(20)21)15-9-5-4-6-10-15/h4-12,17H,3,13H2,1-2H3,(H,20,21). The number of hydrogen-bond donors (Lipinski definition) is 1. The number of aliphatic carboxylic acids is 1. The largest absolute Gasteiger partial charge is 0.481 e. The van der Waals surface area contributed by atoms with Gasteiger partial charge in [0.1, 0.15) is 0 Å². The number of hydrogen-bond acceptors (Lipinski definition) is 2. The third-order valence-corrected chi connectivity index (χ3v) is 3.65. The molecule has 2 aromatic carbocycles. The third kappa shape index (κ3) is 3.85. The van der Waals surface area contributed by atoms with Gasteiger partial charge in [-0.3, -0.25) is 4.79 Å². The zero-order valence-corrected chi connectivity index (χ0v) is 12.5. The highest BCUT2D eigenvalue weighted by Crippen LogP contribution is 2.22. The van der Waals surface area contributed by atoms with Crippen molar-refractivity contribution in [3.05, 3.63) is 65.7 Å². The van der Waals surface area contributed by atoms with Gasteiger partial charge in [0.05, 0.1) is 5.92 Å². The lowest BCUT2D eigenvalue weighted by Crippen LogP contribution is -2.31. The summed E-state index contributed by atoms with van der Waals surface area (Å²) >= 11 is 0. The minimum Gasteiger partial charge on any atom is -0.481 e. The molecule has 0 aromatic heterocycles. The molecule has 1 N–H and O–H groups in total. The van der Waals surface area contributed by atoms with Gasteiger partial charge in [-0.2, -0.15) is 0 Å². The molecule has 0 saturated heterocycles. The summed E-state index contributed by atoms with van der Waals surface area (Å²) in [6.45, 7) is 5.34. The Morgan fingerprint density at radius 1 is 1.14 bits per heavy atom. The van der Waals surface area contributed by atoms with Crippen LogP contribution >= 0.6 is 0 Å². The van der Waals surface area contributed by atoms with Gasteiger partial charge in [0, 0.05) is 18.8 Å². The van der Waals surface area contributed by atoms with Gasteiger partial charge >= 0.3 is 5.97 Å². The third-order valence-electron chi connectivity index (χ3n) is 3.65. The highest BCUT2D eigenvalue weighted by molar-refractivity contribution is 5.77. The van der Waals surface area contributed by atoms with E-state index in [4.69, 9.17) is 0 Å². The Kier molecular flexibility index (Phi) is 4.99. The fraction of sp³-hybridized carbons (Fsp3) is 0.278. The van der Waals surface area contributed by atoms with E-state index in [0.29, 0.717) is 6.54 Å². The van der Waals surface area contributed by atoms with Crippen molar-refractivity contribution in [1.29, 1.82) is 0 Å². The first-order valence-electron chi connectivity index (χ1n) is 7.21. The van der Waals surface area contributed by atoms with Crippen LogP contribution in [0.4, 0.5) is 5.69 Å². The summed E-state index contributed by atoms with van der Waals surface area (Å²) in [6, 6.07) is 17.6. The van der Waals surface area contributed by atoms with Crippen molar-refractivity contribution in [1.82, 2.24) is 0 Å². The van der Waals surface area contributed by atoms with E-state index in [-0.39, 0.29) is 0 Å². The number of benzene rings is 2. The van der Waals surface area contributed by atoms with Crippen molar-refractivity contribution in [2.24, 2.45) is 0 Å². The Morgan fingerprint density at radius 3 is 2.43 bits per heavy atom. The van der Waals surface area contributed by atoms with E-state index in [0.717, 1.165) is 17.8 Å². The molecule has 0 aliphatic rings. The van der Waals surface area contributed by atoms with E-state index >= 15 is 0 Å². The van der Waals surface area contributed by atoms with Crippen molar-refractivity contribution in [3.8, 4) is 0 Å². The molecule has 0 radical (unpaired) electrons. The molecule has 3 nitrogen and oxygen atoms in total. The number of carboxylic acid groups (broad SMARTS) is 1. The molecule has 0 saturated carbocycles. The number of anilines is 1. The molecule has 1 atom stereocenters. The molecule has 3 heteroatoms. The Bertz CT molecular complexity index is 595. The van der Waals surface area contributed by atoms with E-state index < -0.39 is 11.9 Å². The Labute approximate surface area is 125 Å². The van der Waals surface area contributed by atoms with Crippen molar-refractivity contribution in [2.45, 2.75) is 19.8 Å².